The molecule has 168 valence electrons. The fourth-order valence-corrected chi connectivity index (χ4v) is 5.07. The Kier molecular flexibility index (Phi) is 5.87. The second kappa shape index (κ2) is 8.94. The maximum Gasteiger partial charge on any atom is 0.260 e. The summed E-state index contributed by atoms with van der Waals surface area (Å²) >= 11 is 0. The van der Waals surface area contributed by atoms with Gasteiger partial charge in [-0.25, -0.2) is 0 Å². The molecule has 6 nitrogen and oxygen atoms in total. The number of aliphatic imine (C=N–C) groups is 1. The van der Waals surface area contributed by atoms with Crippen molar-refractivity contribution in [3.8, 4) is 5.75 Å². The standard InChI is InChI=1S/C26H32N4O2/c1-19-8-2-7-13-23(19)32-17-24(31)30-15-14-26(18-30)25(28-21-10-4-5-11-21)29-22-12-6-3-9-20(22)16-27-26/h2-3,6-9,12-13,21,27H,4-5,10-11,14-18H2,1H3,(H,28,29)/t26-/m0/s1. The van der Waals surface area contributed by atoms with E-state index < -0.39 is 0 Å². The smallest absolute Gasteiger partial charge is 0.260 e. The van der Waals surface area contributed by atoms with E-state index in [0.29, 0.717) is 19.1 Å². The Bertz CT molecular complexity index is 1010. The fraction of sp³-hybridized carbons (Fsp3) is 0.462. The van der Waals surface area contributed by atoms with Crippen LogP contribution in [0.15, 0.2) is 53.5 Å². The second-order valence-electron chi connectivity index (χ2n) is 9.25. The summed E-state index contributed by atoms with van der Waals surface area (Å²) < 4.78 is 5.84. The highest BCUT2D eigenvalue weighted by Crippen LogP contribution is 2.31. The first-order valence-electron chi connectivity index (χ1n) is 11.8. The van der Waals surface area contributed by atoms with Crippen molar-refractivity contribution in [2.45, 2.75) is 57.2 Å². The zero-order valence-corrected chi connectivity index (χ0v) is 18.8. The van der Waals surface area contributed by atoms with Crippen LogP contribution in [0.1, 0.15) is 43.2 Å². The van der Waals surface area contributed by atoms with Crippen LogP contribution in [0.4, 0.5) is 5.69 Å². The molecular formula is C26H32N4O2. The van der Waals surface area contributed by atoms with Crippen LogP contribution < -0.4 is 15.4 Å². The van der Waals surface area contributed by atoms with Gasteiger partial charge in [0, 0.05) is 25.3 Å². The predicted octanol–water partition coefficient (Wildman–Crippen LogP) is 3.90. The number of nitrogens with one attached hydrogen (secondary N) is 2. The number of likely N-dealkylation sites (tertiary alicyclic amines) is 1. The maximum atomic E-state index is 13.0. The van der Waals surface area contributed by atoms with Crippen molar-refractivity contribution in [1.82, 2.24) is 10.2 Å². The van der Waals surface area contributed by atoms with Crippen molar-refractivity contribution in [1.29, 1.82) is 0 Å². The number of ether oxygens (including phenoxy) is 1. The Hall–Kier alpha value is -2.86. The van der Waals surface area contributed by atoms with E-state index in [2.05, 4.69) is 34.9 Å². The molecule has 2 aromatic carbocycles. The molecule has 0 aromatic heterocycles. The van der Waals surface area contributed by atoms with E-state index in [1.54, 1.807) is 0 Å². The van der Waals surface area contributed by atoms with E-state index in [0.717, 1.165) is 48.6 Å². The molecule has 0 unspecified atom stereocenters. The number of aryl methyl sites for hydroxylation is 1. The number of amidine groups is 1. The molecule has 2 heterocycles. The van der Waals surface area contributed by atoms with E-state index in [-0.39, 0.29) is 18.1 Å². The van der Waals surface area contributed by atoms with Gasteiger partial charge in [0.2, 0.25) is 0 Å². The number of carbonyl (C=O) groups is 1. The van der Waals surface area contributed by atoms with E-state index >= 15 is 0 Å². The van der Waals surface area contributed by atoms with Gasteiger partial charge in [-0.2, -0.15) is 0 Å². The molecule has 32 heavy (non-hydrogen) atoms. The molecule has 5 rings (SSSR count). The monoisotopic (exact) mass is 432 g/mol. The third-order valence-corrected chi connectivity index (χ3v) is 7.04. The van der Waals surface area contributed by atoms with Crippen LogP contribution in [-0.2, 0) is 11.3 Å². The number of hydrogen-bond donors (Lipinski definition) is 2. The van der Waals surface area contributed by atoms with Crippen LogP contribution in [0.5, 0.6) is 5.75 Å². The molecule has 1 saturated carbocycles. The lowest BCUT2D eigenvalue weighted by Gasteiger charge is -2.31. The Morgan fingerprint density at radius 1 is 1.16 bits per heavy atom. The third-order valence-electron chi connectivity index (χ3n) is 7.04. The normalized spacial score (nSPS) is 24.4. The Balaban J connectivity index is 1.34. The van der Waals surface area contributed by atoms with Gasteiger partial charge in [-0.05, 0) is 49.4 Å². The van der Waals surface area contributed by atoms with Gasteiger partial charge < -0.3 is 15.0 Å². The van der Waals surface area contributed by atoms with Crippen LogP contribution >= 0.6 is 0 Å². The molecule has 0 radical (unpaired) electrons. The van der Waals surface area contributed by atoms with Crippen LogP contribution in [0.2, 0.25) is 0 Å². The molecule has 2 N–H and O–H groups in total. The molecule has 2 fully saturated rings. The molecule has 1 saturated heterocycles. The zero-order valence-electron chi connectivity index (χ0n) is 18.8. The summed E-state index contributed by atoms with van der Waals surface area (Å²) in [6.45, 7) is 4.12. The summed E-state index contributed by atoms with van der Waals surface area (Å²) in [4.78, 5) is 20.1. The van der Waals surface area contributed by atoms with Crippen molar-refractivity contribution in [3.05, 3.63) is 59.7 Å². The van der Waals surface area contributed by atoms with Crippen LogP contribution in [0.3, 0.4) is 0 Å². The van der Waals surface area contributed by atoms with Crippen molar-refractivity contribution in [3.63, 3.8) is 0 Å². The second-order valence-corrected chi connectivity index (χ2v) is 9.25. The SMILES string of the molecule is Cc1ccccc1OCC(=O)N1CC[C@@]2(C1)NCc1ccccc1NC2=NC1CCCC1. The number of rotatable bonds is 4. The quantitative estimate of drug-likeness (QED) is 0.769. The van der Waals surface area contributed by atoms with E-state index in [9.17, 15) is 4.79 Å². The number of hydrogen-bond acceptors (Lipinski definition) is 4. The largest absolute Gasteiger partial charge is 0.484 e. The molecule has 1 atom stereocenters. The van der Waals surface area contributed by atoms with Gasteiger partial charge in [0.1, 0.15) is 11.6 Å². The number of fused-ring (bicyclic) bond motifs is 1. The summed E-state index contributed by atoms with van der Waals surface area (Å²) in [7, 11) is 0. The molecule has 6 heteroatoms. The topological polar surface area (TPSA) is 66.0 Å². The highest BCUT2D eigenvalue weighted by molar-refractivity contribution is 6.04. The van der Waals surface area contributed by atoms with Crippen molar-refractivity contribution in [2.24, 2.45) is 4.99 Å². The van der Waals surface area contributed by atoms with Crippen molar-refractivity contribution >= 4 is 17.4 Å². The average molecular weight is 433 g/mol. The summed E-state index contributed by atoms with van der Waals surface area (Å²) in [5, 5.41) is 7.44. The Morgan fingerprint density at radius 2 is 1.94 bits per heavy atom. The van der Waals surface area contributed by atoms with Crippen LogP contribution in [-0.4, -0.2) is 47.9 Å². The zero-order chi connectivity index (χ0) is 22.0. The molecule has 2 aromatic rings. The Morgan fingerprint density at radius 3 is 2.78 bits per heavy atom. The molecule has 1 aliphatic carbocycles. The van der Waals surface area contributed by atoms with Crippen molar-refractivity contribution in [2.75, 3.05) is 25.0 Å². The van der Waals surface area contributed by atoms with Crippen LogP contribution in [0.25, 0.3) is 0 Å². The number of anilines is 1. The lowest BCUT2D eigenvalue weighted by atomic mass is 9.96. The highest BCUT2D eigenvalue weighted by atomic mass is 16.5. The average Bonchev–Trinajstić information content (AvgIpc) is 3.45. The first-order chi connectivity index (χ1) is 15.6. The van der Waals surface area contributed by atoms with Gasteiger partial charge >= 0.3 is 0 Å². The van der Waals surface area contributed by atoms with Gasteiger partial charge in [-0.15, -0.1) is 0 Å². The minimum atomic E-state index is -0.347. The number of carbonyl (C=O) groups excluding carboxylic acids is 1. The van der Waals surface area contributed by atoms with E-state index in [1.165, 1.54) is 18.4 Å². The lowest BCUT2D eigenvalue weighted by Crippen LogP contribution is -2.56. The van der Waals surface area contributed by atoms with Crippen molar-refractivity contribution < 1.29 is 9.53 Å². The molecule has 1 amide bonds. The maximum absolute atomic E-state index is 13.0. The summed E-state index contributed by atoms with van der Waals surface area (Å²) in [6.07, 6.45) is 5.64. The van der Waals surface area contributed by atoms with E-state index in [1.807, 2.05) is 36.1 Å². The van der Waals surface area contributed by atoms with Gasteiger partial charge in [0.25, 0.3) is 5.91 Å². The summed E-state index contributed by atoms with van der Waals surface area (Å²) in [5.41, 5.74) is 3.04. The fourth-order valence-electron chi connectivity index (χ4n) is 5.07. The molecule has 3 aliphatic rings. The first-order valence-corrected chi connectivity index (χ1v) is 11.8. The first kappa shape index (κ1) is 21.0. The molecule has 2 aliphatic heterocycles. The van der Waals surface area contributed by atoms with Gasteiger partial charge in [-0.3, -0.25) is 15.1 Å². The van der Waals surface area contributed by atoms with Gasteiger partial charge in [0.15, 0.2) is 6.61 Å². The highest BCUT2D eigenvalue weighted by Gasteiger charge is 2.45. The van der Waals surface area contributed by atoms with Gasteiger partial charge in [0.05, 0.1) is 11.6 Å². The van der Waals surface area contributed by atoms with Crippen LogP contribution in [0, 0.1) is 6.92 Å². The van der Waals surface area contributed by atoms with E-state index in [4.69, 9.17) is 9.73 Å². The molecule has 0 bridgehead atoms. The van der Waals surface area contributed by atoms with Gasteiger partial charge in [-0.1, -0.05) is 49.2 Å². The minimum absolute atomic E-state index is 0.0221. The number of amides is 1. The minimum Gasteiger partial charge on any atom is -0.484 e. The predicted molar refractivity (Wildman–Crippen MR) is 127 cm³/mol. The Labute approximate surface area is 190 Å². The third kappa shape index (κ3) is 4.24. The summed E-state index contributed by atoms with van der Waals surface area (Å²) in [5.74, 6) is 1.78. The summed E-state index contributed by atoms with van der Waals surface area (Å²) in [6, 6.07) is 16.6. The lowest BCUT2D eigenvalue weighted by molar-refractivity contribution is -0.132. The number of para-hydroxylation sites is 2. The number of nitrogens with zero attached hydrogens (tertiary/aromatic N) is 2. The molecular weight excluding hydrogens is 400 g/mol. The molecule has 1 spiro atoms. The number of benzene rings is 2.